The number of amides is 3. The molecule has 110 valence electrons. The summed E-state index contributed by atoms with van der Waals surface area (Å²) in [6.07, 6.45) is 3.47. The molecule has 2 heterocycles. The van der Waals surface area contributed by atoms with Crippen molar-refractivity contribution >= 4 is 45.3 Å². The van der Waals surface area contributed by atoms with E-state index in [-0.39, 0.29) is 11.9 Å². The number of urea groups is 1. The molecule has 0 aromatic carbocycles. The summed E-state index contributed by atoms with van der Waals surface area (Å²) in [5, 5.41) is 7.39. The fourth-order valence-electron chi connectivity index (χ4n) is 1.73. The van der Waals surface area contributed by atoms with E-state index in [0.717, 1.165) is 28.1 Å². The van der Waals surface area contributed by atoms with E-state index in [2.05, 4.69) is 20.6 Å². The molecular formula is C13H14N4O2S2. The Hall–Kier alpha value is -1.67. The molecule has 2 aromatic heterocycles. The summed E-state index contributed by atoms with van der Waals surface area (Å²) in [6, 6.07) is 1.73. The Morgan fingerprint density at radius 3 is 3.00 bits per heavy atom. The molecule has 21 heavy (non-hydrogen) atoms. The van der Waals surface area contributed by atoms with Gasteiger partial charge in [0.15, 0.2) is 0 Å². The van der Waals surface area contributed by atoms with Crippen LogP contribution in [0.4, 0.5) is 4.79 Å². The van der Waals surface area contributed by atoms with E-state index >= 15 is 0 Å². The highest BCUT2D eigenvalue weighted by Crippen LogP contribution is 2.31. The van der Waals surface area contributed by atoms with Gasteiger partial charge in [0.25, 0.3) is 0 Å². The molecule has 0 radical (unpaired) electrons. The van der Waals surface area contributed by atoms with Gasteiger partial charge in [-0.2, -0.15) is 0 Å². The third kappa shape index (κ3) is 3.51. The van der Waals surface area contributed by atoms with Gasteiger partial charge in [-0.05, 0) is 31.2 Å². The molecule has 8 heteroatoms. The quantitative estimate of drug-likeness (QED) is 0.666. The minimum atomic E-state index is -0.418. The van der Waals surface area contributed by atoms with E-state index < -0.39 is 11.3 Å². The Kier molecular flexibility index (Phi) is 4.07. The number of hydrogen-bond donors (Lipinski definition) is 2. The van der Waals surface area contributed by atoms with Crippen LogP contribution in [0.5, 0.6) is 0 Å². The first-order valence-corrected chi connectivity index (χ1v) is 8.35. The lowest BCUT2D eigenvalue weighted by Gasteiger charge is -2.11. The molecule has 1 atom stereocenters. The van der Waals surface area contributed by atoms with Gasteiger partial charge in [-0.15, -0.1) is 11.3 Å². The second-order valence-electron chi connectivity index (χ2n) is 4.81. The monoisotopic (exact) mass is 322 g/mol. The number of carbonyl (C=O) groups is 2. The van der Waals surface area contributed by atoms with Gasteiger partial charge in [-0.25, -0.2) is 14.8 Å². The molecule has 0 bridgehead atoms. The lowest BCUT2D eigenvalue weighted by molar-refractivity contribution is -0.119. The SMILES string of the molecule is C[C@@H](Sc1ncnc2ccsc12)C(=O)NC(=O)NC1CC1. The van der Waals surface area contributed by atoms with Gasteiger partial charge in [0.2, 0.25) is 5.91 Å². The topological polar surface area (TPSA) is 84.0 Å². The second-order valence-corrected chi connectivity index (χ2v) is 7.06. The zero-order valence-corrected chi connectivity index (χ0v) is 13.0. The van der Waals surface area contributed by atoms with Crippen LogP contribution in [0.2, 0.25) is 0 Å². The van der Waals surface area contributed by atoms with Gasteiger partial charge in [0.1, 0.15) is 11.4 Å². The first-order valence-electron chi connectivity index (χ1n) is 6.59. The Labute approximate surface area is 129 Å². The predicted octanol–water partition coefficient (Wildman–Crippen LogP) is 2.16. The largest absolute Gasteiger partial charge is 0.335 e. The number of aromatic nitrogens is 2. The fraction of sp³-hybridized carbons (Fsp3) is 0.385. The van der Waals surface area contributed by atoms with Crippen molar-refractivity contribution in [1.29, 1.82) is 0 Å². The Morgan fingerprint density at radius 2 is 2.24 bits per heavy atom. The van der Waals surface area contributed by atoms with Gasteiger partial charge >= 0.3 is 6.03 Å². The number of imide groups is 1. The smallest absolute Gasteiger partial charge is 0.321 e. The summed E-state index contributed by atoms with van der Waals surface area (Å²) >= 11 is 2.87. The molecule has 1 aliphatic rings. The van der Waals surface area contributed by atoms with Crippen LogP contribution in [-0.2, 0) is 4.79 Å². The van der Waals surface area contributed by atoms with Crippen molar-refractivity contribution in [1.82, 2.24) is 20.6 Å². The molecule has 3 amide bonds. The zero-order chi connectivity index (χ0) is 14.8. The van der Waals surface area contributed by atoms with Crippen LogP contribution in [0.3, 0.4) is 0 Å². The van der Waals surface area contributed by atoms with Crippen molar-refractivity contribution < 1.29 is 9.59 Å². The molecule has 6 nitrogen and oxygen atoms in total. The molecule has 0 unspecified atom stereocenters. The Morgan fingerprint density at radius 1 is 1.43 bits per heavy atom. The molecule has 2 aromatic rings. The van der Waals surface area contributed by atoms with Gasteiger partial charge in [-0.3, -0.25) is 10.1 Å². The molecule has 2 N–H and O–H groups in total. The van der Waals surface area contributed by atoms with Crippen LogP contribution in [0.15, 0.2) is 22.8 Å². The third-order valence-corrected chi connectivity index (χ3v) is 5.16. The lowest BCUT2D eigenvalue weighted by atomic mass is 10.4. The van der Waals surface area contributed by atoms with Gasteiger partial charge < -0.3 is 5.32 Å². The number of nitrogens with zero attached hydrogens (tertiary/aromatic N) is 2. The number of rotatable bonds is 4. The zero-order valence-electron chi connectivity index (χ0n) is 11.3. The van der Waals surface area contributed by atoms with Crippen LogP contribution < -0.4 is 10.6 Å². The maximum Gasteiger partial charge on any atom is 0.321 e. The van der Waals surface area contributed by atoms with E-state index in [9.17, 15) is 9.59 Å². The minimum absolute atomic E-state index is 0.230. The Balaban J connectivity index is 1.62. The molecule has 1 aliphatic carbocycles. The first kappa shape index (κ1) is 14.3. The molecule has 1 saturated carbocycles. The average molecular weight is 322 g/mol. The number of hydrogen-bond acceptors (Lipinski definition) is 6. The summed E-state index contributed by atoms with van der Waals surface area (Å²) < 4.78 is 0.963. The molecule has 0 aliphatic heterocycles. The van der Waals surface area contributed by atoms with Crippen molar-refractivity contribution in [3.63, 3.8) is 0 Å². The van der Waals surface area contributed by atoms with E-state index in [1.807, 2.05) is 11.4 Å². The van der Waals surface area contributed by atoms with Crippen molar-refractivity contribution in [2.24, 2.45) is 0 Å². The van der Waals surface area contributed by atoms with E-state index in [1.54, 1.807) is 18.3 Å². The van der Waals surface area contributed by atoms with Gasteiger partial charge in [0.05, 0.1) is 15.5 Å². The number of carbonyl (C=O) groups excluding carboxylic acids is 2. The second kappa shape index (κ2) is 5.98. The summed E-state index contributed by atoms with van der Waals surface area (Å²) in [7, 11) is 0. The van der Waals surface area contributed by atoms with Crippen molar-refractivity contribution in [2.75, 3.05) is 0 Å². The van der Waals surface area contributed by atoms with Crippen molar-refractivity contribution in [3.05, 3.63) is 17.8 Å². The van der Waals surface area contributed by atoms with Gasteiger partial charge in [0, 0.05) is 6.04 Å². The lowest BCUT2D eigenvalue weighted by Crippen LogP contribution is -2.43. The highest BCUT2D eigenvalue weighted by Gasteiger charge is 2.25. The number of thioether (sulfide) groups is 1. The highest BCUT2D eigenvalue weighted by molar-refractivity contribution is 8.00. The first-order chi connectivity index (χ1) is 10.1. The number of nitrogens with one attached hydrogen (secondary N) is 2. The predicted molar refractivity (Wildman–Crippen MR) is 82.4 cm³/mol. The van der Waals surface area contributed by atoms with Crippen LogP contribution in [-0.4, -0.2) is 33.2 Å². The molecule has 3 rings (SSSR count). The maximum absolute atomic E-state index is 12.0. The van der Waals surface area contributed by atoms with Gasteiger partial charge in [-0.1, -0.05) is 11.8 Å². The van der Waals surface area contributed by atoms with E-state index in [4.69, 9.17) is 0 Å². The number of thiophene rings is 1. The summed E-state index contributed by atoms with van der Waals surface area (Å²) in [5.41, 5.74) is 0.872. The summed E-state index contributed by atoms with van der Waals surface area (Å²) in [5.74, 6) is -0.318. The van der Waals surface area contributed by atoms with Crippen LogP contribution in [0, 0.1) is 0 Å². The average Bonchev–Trinajstić information content (AvgIpc) is 3.12. The van der Waals surface area contributed by atoms with Crippen LogP contribution in [0.1, 0.15) is 19.8 Å². The van der Waals surface area contributed by atoms with Crippen LogP contribution in [0.25, 0.3) is 10.2 Å². The minimum Gasteiger partial charge on any atom is -0.335 e. The molecular weight excluding hydrogens is 308 g/mol. The Bertz CT molecular complexity index is 684. The molecule has 0 saturated heterocycles. The standard InChI is InChI=1S/C13H14N4O2S2/c1-7(11(18)17-13(19)16-8-2-3-8)21-12-10-9(4-5-20-10)14-6-15-12/h4-8H,2-3H2,1H3,(H2,16,17,18,19)/t7-/m1/s1. The molecule has 0 spiro atoms. The van der Waals surface area contributed by atoms with E-state index in [1.165, 1.54) is 18.1 Å². The van der Waals surface area contributed by atoms with E-state index in [0.29, 0.717) is 0 Å². The highest BCUT2D eigenvalue weighted by atomic mass is 32.2. The normalized spacial score (nSPS) is 15.7. The third-order valence-electron chi connectivity index (χ3n) is 3.02. The maximum atomic E-state index is 12.0. The summed E-state index contributed by atoms with van der Waals surface area (Å²) in [4.78, 5) is 31.9. The summed E-state index contributed by atoms with van der Waals surface area (Å²) in [6.45, 7) is 1.76. The number of fused-ring (bicyclic) bond motifs is 1. The van der Waals surface area contributed by atoms with Crippen molar-refractivity contribution in [3.8, 4) is 0 Å². The molecule has 1 fully saturated rings. The van der Waals surface area contributed by atoms with Crippen molar-refractivity contribution in [2.45, 2.75) is 36.1 Å². The van der Waals surface area contributed by atoms with Crippen LogP contribution >= 0.6 is 23.1 Å². The fourth-order valence-corrected chi connectivity index (χ4v) is 3.57.